The molecule has 2 heterocycles. The molecule has 3 nitrogen and oxygen atoms in total. The molecular weight excluding hydrogens is 639 g/mol. The van der Waals surface area contributed by atoms with Gasteiger partial charge in [0.2, 0.25) is 0 Å². The molecule has 238 valence electrons. The zero-order chi connectivity index (χ0) is 33.7. The molecular formula is C47H29N3S. The van der Waals surface area contributed by atoms with Crippen LogP contribution in [0.5, 0.6) is 0 Å². The van der Waals surface area contributed by atoms with E-state index in [1.165, 1.54) is 47.5 Å². The summed E-state index contributed by atoms with van der Waals surface area (Å²) < 4.78 is 2.43. The van der Waals surface area contributed by atoms with Gasteiger partial charge in [-0.1, -0.05) is 140 Å². The topological polar surface area (TPSA) is 38.7 Å². The van der Waals surface area contributed by atoms with Crippen molar-refractivity contribution in [1.29, 1.82) is 0 Å². The monoisotopic (exact) mass is 667 g/mol. The largest absolute Gasteiger partial charge is 0.208 e. The van der Waals surface area contributed by atoms with Gasteiger partial charge >= 0.3 is 0 Å². The summed E-state index contributed by atoms with van der Waals surface area (Å²) in [7, 11) is 0. The average Bonchev–Trinajstić information content (AvgIpc) is 3.59. The third-order valence-electron chi connectivity index (χ3n) is 9.69. The van der Waals surface area contributed by atoms with E-state index >= 15 is 0 Å². The van der Waals surface area contributed by atoms with Gasteiger partial charge in [0, 0.05) is 36.9 Å². The summed E-state index contributed by atoms with van der Waals surface area (Å²) in [5.74, 6) is 1.98. The van der Waals surface area contributed by atoms with Gasteiger partial charge in [-0.3, -0.25) is 0 Å². The maximum absolute atomic E-state index is 5.20. The minimum Gasteiger partial charge on any atom is -0.208 e. The summed E-state index contributed by atoms with van der Waals surface area (Å²) in [6.45, 7) is 0. The van der Waals surface area contributed by atoms with Crippen LogP contribution in [0.15, 0.2) is 176 Å². The number of fused-ring (bicyclic) bond motifs is 5. The fraction of sp³-hybridized carbons (Fsp3) is 0. The highest BCUT2D eigenvalue weighted by atomic mass is 32.1. The highest BCUT2D eigenvalue weighted by Gasteiger charge is 2.17. The van der Waals surface area contributed by atoms with Gasteiger partial charge in [0.25, 0.3) is 0 Å². The molecule has 0 N–H and O–H groups in total. The number of hydrogen-bond donors (Lipinski definition) is 0. The predicted molar refractivity (Wildman–Crippen MR) is 215 cm³/mol. The van der Waals surface area contributed by atoms with Gasteiger partial charge < -0.3 is 0 Å². The third kappa shape index (κ3) is 5.34. The lowest BCUT2D eigenvalue weighted by Crippen LogP contribution is -2.00. The second kappa shape index (κ2) is 12.1. The molecule has 0 saturated heterocycles. The molecule has 8 aromatic carbocycles. The maximum atomic E-state index is 5.20. The quantitative estimate of drug-likeness (QED) is 0.183. The highest BCUT2D eigenvalue weighted by Crippen LogP contribution is 2.40. The zero-order valence-corrected chi connectivity index (χ0v) is 28.3. The lowest BCUT2D eigenvalue weighted by atomic mass is 9.97. The molecule has 0 bridgehead atoms. The average molecular weight is 668 g/mol. The van der Waals surface area contributed by atoms with Gasteiger partial charge in [-0.2, -0.15) is 0 Å². The highest BCUT2D eigenvalue weighted by molar-refractivity contribution is 7.26. The molecule has 0 aliphatic carbocycles. The molecule has 0 saturated carbocycles. The fourth-order valence-electron chi connectivity index (χ4n) is 7.08. The van der Waals surface area contributed by atoms with Crippen LogP contribution in [0.2, 0.25) is 0 Å². The smallest absolute Gasteiger partial charge is 0.165 e. The molecule has 10 aromatic rings. The molecule has 0 spiro atoms. The number of rotatable bonds is 5. The van der Waals surface area contributed by atoms with Crippen molar-refractivity contribution in [2.75, 3.05) is 0 Å². The van der Waals surface area contributed by atoms with Gasteiger partial charge in [0.15, 0.2) is 17.5 Å². The maximum Gasteiger partial charge on any atom is 0.165 e. The summed E-state index contributed by atoms with van der Waals surface area (Å²) >= 11 is 1.79. The number of hydrogen-bond acceptors (Lipinski definition) is 4. The van der Waals surface area contributed by atoms with E-state index in [0.29, 0.717) is 17.5 Å². The third-order valence-corrected chi connectivity index (χ3v) is 10.9. The molecule has 0 radical (unpaired) electrons. The zero-order valence-electron chi connectivity index (χ0n) is 27.5. The first-order valence-electron chi connectivity index (χ1n) is 17.1. The molecule has 0 unspecified atom stereocenters. The summed E-state index contributed by atoms with van der Waals surface area (Å²) in [5.41, 5.74) is 7.60. The van der Waals surface area contributed by atoms with E-state index in [1.807, 2.05) is 0 Å². The van der Waals surface area contributed by atoms with E-state index in [9.17, 15) is 0 Å². The van der Waals surface area contributed by atoms with Crippen LogP contribution in [0, 0.1) is 0 Å². The van der Waals surface area contributed by atoms with E-state index in [4.69, 9.17) is 15.0 Å². The minimum atomic E-state index is 0.648. The lowest BCUT2D eigenvalue weighted by molar-refractivity contribution is 1.08. The van der Waals surface area contributed by atoms with Crippen molar-refractivity contribution in [1.82, 2.24) is 15.0 Å². The number of thiophene rings is 1. The van der Waals surface area contributed by atoms with Gasteiger partial charge in [0.1, 0.15) is 0 Å². The molecule has 0 aliphatic rings. The van der Waals surface area contributed by atoms with Crippen LogP contribution in [-0.4, -0.2) is 15.0 Å². The first kappa shape index (κ1) is 29.4. The normalized spacial score (nSPS) is 11.5. The van der Waals surface area contributed by atoms with Gasteiger partial charge in [-0.05, 0) is 80.2 Å². The van der Waals surface area contributed by atoms with Crippen LogP contribution in [0.4, 0.5) is 0 Å². The second-order valence-corrected chi connectivity index (χ2v) is 13.9. The molecule has 0 amide bonds. The van der Waals surface area contributed by atoms with Gasteiger partial charge in [-0.15, -0.1) is 11.3 Å². The fourth-order valence-corrected chi connectivity index (χ4v) is 8.29. The lowest BCUT2D eigenvalue weighted by Gasteiger charge is -2.11. The van der Waals surface area contributed by atoms with Crippen LogP contribution < -0.4 is 0 Å². The summed E-state index contributed by atoms with van der Waals surface area (Å²) in [6, 6.07) is 62.3. The Labute approximate surface area is 299 Å². The van der Waals surface area contributed by atoms with Crippen molar-refractivity contribution < 1.29 is 0 Å². The Morgan fingerprint density at radius 3 is 1.67 bits per heavy atom. The Morgan fingerprint density at radius 2 is 0.843 bits per heavy atom. The van der Waals surface area contributed by atoms with E-state index in [1.54, 1.807) is 11.3 Å². The first-order chi connectivity index (χ1) is 25.2. The Kier molecular flexibility index (Phi) is 7.00. The first-order valence-corrected chi connectivity index (χ1v) is 17.9. The molecule has 10 rings (SSSR count). The van der Waals surface area contributed by atoms with Gasteiger partial charge in [-0.25, -0.2) is 15.0 Å². The standard InChI is InChI=1S/C47H29N3S/c1-2-10-30(11-3-1)35-23-20-32-21-24-36(29-39(32)28-35)34-14-8-15-37(27-34)45-48-46(38-25-22-31-12-4-5-13-33(31)26-38)50-47(49-45)42-18-9-17-41-40-16-6-7-19-43(40)51-44(41)42/h1-29H. The molecule has 0 aliphatic heterocycles. The van der Waals surface area contributed by atoms with E-state index in [2.05, 4.69) is 176 Å². The van der Waals surface area contributed by atoms with Gasteiger partial charge in [0.05, 0.1) is 0 Å². The van der Waals surface area contributed by atoms with Crippen LogP contribution in [0.25, 0.3) is 98.1 Å². The number of nitrogens with zero attached hydrogens (tertiary/aromatic N) is 3. The summed E-state index contributed by atoms with van der Waals surface area (Å²) in [6.07, 6.45) is 0. The number of benzene rings is 8. The van der Waals surface area contributed by atoms with Crippen LogP contribution in [-0.2, 0) is 0 Å². The Morgan fingerprint density at radius 1 is 0.314 bits per heavy atom. The summed E-state index contributed by atoms with van der Waals surface area (Å²) in [4.78, 5) is 15.5. The molecule has 0 fully saturated rings. The minimum absolute atomic E-state index is 0.648. The van der Waals surface area contributed by atoms with Crippen LogP contribution in [0.3, 0.4) is 0 Å². The van der Waals surface area contributed by atoms with E-state index in [0.717, 1.165) is 33.2 Å². The van der Waals surface area contributed by atoms with Crippen LogP contribution in [0.1, 0.15) is 0 Å². The molecule has 2 aromatic heterocycles. The van der Waals surface area contributed by atoms with Crippen molar-refractivity contribution in [3.63, 3.8) is 0 Å². The van der Waals surface area contributed by atoms with Crippen molar-refractivity contribution in [3.8, 4) is 56.4 Å². The van der Waals surface area contributed by atoms with Crippen LogP contribution >= 0.6 is 11.3 Å². The van der Waals surface area contributed by atoms with E-state index in [-0.39, 0.29) is 0 Å². The Hall–Kier alpha value is -6.49. The summed E-state index contributed by atoms with van der Waals surface area (Å²) in [5, 5.41) is 7.23. The SMILES string of the molecule is c1ccc(-c2ccc3ccc(-c4cccc(-c5nc(-c6ccc7ccccc7c6)nc(-c6cccc7c6sc6ccccc67)n5)c4)cc3c2)cc1. The molecule has 51 heavy (non-hydrogen) atoms. The van der Waals surface area contributed by atoms with Crippen molar-refractivity contribution in [2.24, 2.45) is 0 Å². The molecule has 4 heteroatoms. The Bertz CT molecular complexity index is 2930. The van der Waals surface area contributed by atoms with Crippen molar-refractivity contribution in [3.05, 3.63) is 176 Å². The van der Waals surface area contributed by atoms with Crippen molar-refractivity contribution in [2.45, 2.75) is 0 Å². The van der Waals surface area contributed by atoms with Crippen molar-refractivity contribution >= 4 is 53.1 Å². The Balaban J connectivity index is 1.13. The number of aromatic nitrogens is 3. The predicted octanol–water partition coefficient (Wildman–Crippen LogP) is 12.9. The second-order valence-electron chi connectivity index (χ2n) is 12.9. The van der Waals surface area contributed by atoms with E-state index < -0.39 is 0 Å². The molecule has 0 atom stereocenters.